The van der Waals surface area contributed by atoms with Gasteiger partial charge in [0.2, 0.25) is 0 Å². The molecule has 0 aliphatic rings. The fourth-order valence-electron chi connectivity index (χ4n) is 15.6. The van der Waals surface area contributed by atoms with Gasteiger partial charge >= 0.3 is 0 Å². The third-order valence-corrected chi connectivity index (χ3v) is 20.2. The van der Waals surface area contributed by atoms with E-state index >= 15 is 0 Å². The van der Waals surface area contributed by atoms with Crippen LogP contribution in [-0.4, -0.2) is 18.3 Å². The van der Waals surface area contributed by atoms with Gasteiger partial charge in [0.05, 0.1) is 44.1 Å². The van der Waals surface area contributed by atoms with Crippen molar-refractivity contribution in [2.75, 3.05) is 0 Å². The van der Waals surface area contributed by atoms with Gasteiger partial charge in [0.25, 0.3) is 0 Å². The van der Waals surface area contributed by atoms with Crippen LogP contribution in [0, 0.1) is 0 Å². The summed E-state index contributed by atoms with van der Waals surface area (Å²) in [6.07, 6.45) is 0. The average molecular weight is 1270 g/mol. The monoisotopic (exact) mass is 1270 g/mol. The molecule has 0 spiro atoms. The predicted molar refractivity (Wildman–Crippen MR) is 423 cm³/mol. The Bertz CT molecular complexity index is 6490. The molecule has 0 aliphatic heterocycles. The third-order valence-electron chi connectivity index (χ3n) is 20.2. The van der Waals surface area contributed by atoms with E-state index in [-0.39, 0.29) is 0 Å². The molecule has 20 rings (SSSR count). The van der Waals surface area contributed by atoms with E-state index in [1.54, 1.807) is 0 Å². The summed E-state index contributed by atoms with van der Waals surface area (Å²) < 4.78 is 9.57. The smallest absolute Gasteiger partial charge is 0.0541 e. The lowest BCUT2D eigenvalue weighted by molar-refractivity contribution is 1.18. The summed E-state index contributed by atoms with van der Waals surface area (Å²) in [6, 6.07) is 141. The summed E-state index contributed by atoms with van der Waals surface area (Å²) in [6.45, 7) is 0. The van der Waals surface area contributed by atoms with Gasteiger partial charge in [-0.25, -0.2) is 0 Å². The van der Waals surface area contributed by atoms with E-state index in [2.05, 4.69) is 407 Å². The van der Waals surface area contributed by atoms with Crippen LogP contribution in [-0.2, 0) is 0 Å². The first-order valence-corrected chi connectivity index (χ1v) is 34.4. The van der Waals surface area contributed by atoms with Gasteiger partial charge in [-0.1, -0.05) is 267 Å². The fourth-order valence-corrected chi connectivity index (χ4v) is 15.6. The number of hydrogen-bond acceptors (Lipinski definition) is 0. The van der Waals surface area contributed by atoms with Gasteiger partial charge in [-0.05, 0) is 188 Å². The molecule has 0 unspecified atom stereocenters. The van der Waals surface area contributed by atoms with Gasteiger partial charge in [-0.15, -0.1) is 0 Å². The van der Waals surface area contributed by atoms with E-state index in [0.29, 0.717) is 0 Å². The van der Waals surface area contributed by atoms with Crippen molar-refractivity contribution in [3.8, 4) is 89.5 Å². The SMILES string of the molecule is c1ccc(-c2ccc(-c3cccc(-n4c5ccccc5c5cc(-c6ccc7c(c6)c6ccccc6n7-c6ccccc6)ccc54)c3)cc2)cc1.c1ccc(-c2ccccc2-c2cccc(-n3c4ccccc4c4cc(-c5ccc6c(c5)c5ccccc5n6-c5ccccc5)ccc43)c2)cc1. The van der Waals surface area contributed by atoms with Gasteiger partial charge in [-0.3, -0.25) is 0 Å². The molecule has 0 amide bonds. The highest BCUT2D eigenvalue weighted by Crippen LogP contribution is 2.43. The van der Waals surface area contributed by atoms with E-state index in [0.717, 1.165) is 11.4 Å². The third kappa shape index (κ3) is 10.00. The largest absolute Gasteiger partial charge is 0.309 e. The van der Waals surface area contributed by atoms with Crippen molar-refractivity contribution in [2.24, 2.45) is 0 Å². The van der Waals surface area contributed by atoms with Gasteiger partial charge < -0.3 is 18.3 Å². The van der Waals surface area contributed by atoms with E-state index < -0.39 is 0 Å². The number of fused-ring (bicyclic) bond motifs is 12. The molecule has 4 heterocycles. The van der Waals surface area contributed by atoms with Crippen LogP contribution in [0.25, 0.3) is 177 Å². The number of nitrogens with zero attached hydrogens (tertiary/aromatic N) is 4. The quantitative estimate of drug-likeness (QED) is 0.130. The molecule has 100 heavy (non-hydrogen) atoms. The number of benzene rings is 16. The highest BCUT2D eigenvalue weighted by Gasteiger charge is 2.20. The zero-order valence-electron chi connectivity index (χ0n) is 54.7. The minimum Gasteiger partial charge on any atom is -0.309 e. The molecule has 468 valence electrons. The van der Waals surface area contributed by atoms with Crippen molar-refractivity contribution in [3.63, 3.8) is 0 Å². The molecule has 0 aliphatic carbocycles. The molecule has 0 atom stereocenters. The fraction of sp³-hybridized carbons (Fsp3) is 0. The van der Waals surface area contributed by atoms with Crippen LogP contribution >= 0.6 is 0 Å². The molecule has 4 heteroatoms. The average Bonchev–Trinajstić information content (AvgIpc) is 1.60. The first-order valence-electron chi connectivity index (χ1n) is 34.4. The number of hydrogen-bond donors (Lipinski definition) is 0. The Morgan fingerprint density at radius 3 is 0.740 bits per heavy atom. The summed E-state index contributed by atoms with van der Waals surface area (Å²) in [5.74, 6) is 0. The van der Waals surface area contributed by atoms with Gasteiger partial charge in [0, 0.05) is 65.8 Å². The molecule has 0 fully saturated rings. The lowest BCUT2D eigenvalue weighted by Crippen LogP contribution is -1.95. The molecular formula is C96H64N4. The van der Waals surface area contributed by atoms with Gasteiger partial charge in [-0.2, -0.15) is 0 Å². The second-order valence-corrected chi connectivity index (χ2v) is 26.0. The van der Waals surface area contributed by atoms with Gasteiger partial charge in [0.15, 0.2) is 0 Å². The minimum absolute atomic E-state index is 1.15. The summed E-state index contributed by atoms with van der Waals surface area (Å²) in [4.78, 5) is 0. The Morgan fingerprint density at radius 2 is 0.350 bits per heavy atom. The molecule has 4 nitrogen and oxygen atoms in total. The maximum Gasteiger partial charge on any atom is 0.0541 e. The van der Waals surface area contributed by atoms with E-state index in [1.807, 2.05) is 0 Å². The molecular weight excluding hydrogens is 1210 g/mol. The molecule has 4 aromatic heterocycles. The van der Waals surface area contributed by atoms with Crippen molar-refractivity contribution in [1.82, 2.24) is 18.3 Å². The van der Waals surface area contributed by atoms with Gasteiger partial charge in [0.1, 0.15) is 0 Å². The van der Waals surface area contributed by atoms with Crippen LogP contribution < -0.4 is 0 Å². The first-order chi connectivity index (χ1) is 49.6. The molecule has 0 bridgehead atoms. The van der Waals surface area contributed by atoms with Crippen molar-refractivity contribution >= 4 is 87.2 Å². The Hall–Kier alpha value is -13.3. The minimum atomic E-state index is 1.15. The van der Waals surface area contributed by atoms with Crippen molar-refractivity contribution < 1.29 is 0 Å². The first kappa shape index (κ1) is 58.1. The Morgan fingerprint density at radius 1 is 0.120 bits per heavy atom. The highest BCUT2D eigenvalue weighted by atomic mass is 15.0. The van der Waals surface area contributed by atoms with Crippen molar-refractivity contribution in [2.45, 2.75) is 0 Å². The Labute approximate surface area is 579 Å². The summed E-state index contributed by atoms with van der Waals surface area (Å²) in [7, 11) is 0. The molecule has 0 saturated heterocycles. The maximum absolute atomic E-state index is 2.42. The maximum atomic E-state index is 2.42. The van der Waals surface area contributed by atoms with Crippen LogP contribution in [0.3, 0.4) is 0 Å². The van der Waals surface area contributed by atoms with Crippen LogP contribution in [0.5, 0.6) is 0 Å². The molecule has 0 saturated carbocycles. The molecule has 20 aromatic rings. The second kappa shape index (κ2) is 24.4. The van der Waals surface area contributed by atoms with E-state index in [1.165, 1.54) is 165 Å². The molecule has 0 N–H and O–H groups in total. The van der Waals surface area contributed by atoms with Crippen LogP contribution in [0.2, 0.25) is 0 Å². The van der Waals surface area contributed by atoms with Crippen molar-refractivity contribution in [1.29, 1.82) is 0 Å². The second-order valence-electron chi connectivity index (χ2n) is 26.0. The van der Waals surface area contributed by atoms with E-state index in [4.69, 9.17) is 0 Å². The topological polar surface area (TPSA) is 19.7 Å². The number of para-hydroxylation sites is 6. The van der Waals surface area contributed by atoms with Crippen LogP contribution in [0.4, 0.5) is 0 Å². The Kier molecular flexibility index (Phi) is 14.2. The van der Waals surface area contributed by atoms with E-state index in [9.17, 15) is 0 Å². The zero-order valence-corrected chi connectivity index (χ0v) is 54.7. The summed E-state index contributed by atoms with van der Waals surface area (Å²) in [5, 5.41) is 10.1. The molecule has 16 aromatic carbocycles. The summed E-state index contributed by atoms with van der Waals surface area (Å²) in [5.41, 5.74) is 29.0. The lowest BCUT2D eigenvalue weighted by Gasteiger charge is -2.13. The molecule has 0 radical (unpaired) electrons. The van der Waals surface area contributed by atoms with Crippen molar-refractivity contribution in [3.05, 3.63) is 388 Å². The number of aromatic nitrogens is 4. The Balaban J connectivity index is 0.000000139. The predicted octanol–water partition coefficient (Wildman–Crippen LogP) is 25.8. The summed E-state index contributed by atoms with van der Waals surface area (Å²) >= 11 is 0. The lowest BCUT2D eigenvalue weighted by atomic mass is 9.94. The highest BCUT2D eigenvalue weighted by molar-refractivity contribution is 6.15. The number of rotatable bonds is 10. The van der Waals surface area contributed by atoms with Crippen LogP contribution in [0.1, 0.15) is 0 Å². The standard InChI is InChI=1S/2C48H32N2/c1-3-12-33(13-4-1)34-22-24-35(25-23-34)36-14-11-17-40(30-36)50-46-21-10-8-19-42(46)44-32-38(27-29-48(44)50)37-26-28-47-43(31-37)41-18-7-9-20-45(41)49(47)39-15-5-2-6-16-39;1-3-14-33(15-4-1)39-20-7-8-21-40(39)36-16-13-19-38(30-36)50-46-25-12-10-23-42(46)44-32-35(27-29-48(44)50)34-26-28-47-43(31-34)41-22-9-11-24-45(41)49(47)37-17-5-2-6-18-37/h2*1-32H. The van der Waals surface area contributed by atoms with Crippen LogP contribution in [0.15, 0.2) is 388 Å². The zero-order chi connectivity index (χ0) is 66.0. The normalized spacial score (nSPS) is 11.6.